The van der Waals surface area contributed by atoms with Gasteiger partial charge in [0.1, 0.15) is 0 Å². The van der Waals surface area contributed by atoms with Gasteiger partial charge in [-0.3, -0.25) is 14.6 Å². The first kappa shape index (κ1) is 23.5. The Kier molecular flexibility index (Phi) is 7.94. The Morgan fingerprint density at radius 3 is 2.42 bits per heavy atom. The highest BCUT2D eigenvalue weighted by molar-refractivity contribution is 14.0. The van der Waals surface area contributed by atoms with Crippen molar-refractivity contribution in [1.29, 1.82) is 0 Å². The monoisotopic (exact) mass is 532 g/mol. The molecular formula is C24H33IN6. The van der Waals surface area contributed by atoms with Crippen LogP contribution in [0.2, 0.25) is 0 Å². The van der Waals surface area contributed by atoms with Crippen molar-refractivity contribution in [3.8, 4) is 0 Å². The number of aromatic nitrogens is 2. The first-order valence-corrected chi connectivity index (χ1v) is 10.7. The molecular weight excluding hydrogens is 499 g/mol. The van der Waals surface area contributed by atoms with Crippen molar-refractivity contribution in [3.63, 3.8) is 0 Å². The summed E-state index contributed by atoms with van der Waals surface area (Å²) in [5, 5.41) is 10.7. The van der Waals surface area contributed by atoms with Gasteiger partial charge in [-0.1, -0.05) is 42.5 Å². The Bertz CT molecular complexity index is 1040. The van der Waals surface area contributed by atoms with Crippen LogP contribution in [0.1, 0.15) is 22.5 Å². The topological polar surface area (TPSA) is 48.7 Å². The van der Waals surface area contributed by atoms with E-state index in [9.17, 15) is 0 Å². The van der Waals surface area contributed by atoms with Gasteiger partial charge in [0, 0.05) is 64.6 Å². The molecule has 0 aliphatic carbocycles. The molecule has 1 N–H and O–H groups in total. The van der Waals surface area contributed by atoms with Crippen molar-refractivity contribution in [2.24, 2.45) is 12.0 Å². The van der Waals surface area contributed by atoms with Crippen LogP contribution in [0.3, 0.4) is 0 Å². The largest absolute Gasteiger partial charge is 0.352 e. The fourth-order valence-electron chi connectivity index (χ4n) is 4.36. The lowest BCUT2D eigenvalue weighted by molar-refractivity contribution is 0.173. The van der Waals surface area contributed by atoms with E-state index in [4.69, 9.17) is 0 Å². The van der Waals surface area contributed by atoms with E-state index < -0.39 is 0 Å². The Labute approximate surface area is 202 Å². The van der Waals surface area contributed by atoms with Gasteiger partial charge in [0.05, 0.1) is 5.69 Å². The zero-order valence-electron chi connectivity index (χ0n) is 18.9. The standard InChI is InChI=1S/C24H32N6.HI/c1-18-23(19(2)28(4)27-18)16-26-24(25-3)30-14-12-29(13-15-30)17-21-10-7-9-20-8-5-6-11-22(20)21;/h5-11H,12-17H2,1-4H3,(H,25,26);1H. The van der Waals surface area contributed by atoms with Gasteiger partial charge in [0.25, 0.3) is 0 Å². The number of nitrogens with one attached hydrogen (secondary N) is 1. The third-order valence-electron chi connectivity index (χ3n) is 6.24. The number of fused-ring (bicyclic) bond motifs is 1. The maximum atomic E-state index is 4.53. The van der Waals surface area contributed by atoms with Crippen LogP contribution in [0.4, 0.5) is 0 Å². The molecule has 2 aromatic carbocycles. The smallest absolute Gasteiger partial charge is 0.194 e. The van der Waals surface area contributed by atoms with Gasteiger partial charge in [-0.25, -0.2) is 0 Å². The summed E-state index contributed by atoms with van der Waals surface area (Å²) >= 11 is 0. The van der Waals surface area contributed by atoms with E-state index in [1.165, 1.54) is 27.6 Å². The Morgan fingerprint density at radius 1 is 1.03 bits per heavy atom. The van der Waals surface area contributed by atoms with Gasteiger partial charge < -0.3 is 10.2 Å². The predicted molar refractivity (Wildman–Crippen MR) is 139 cm³/mol. The molecule has 0 spiro atoms. The number of hydrogen-bond donors (Lipinski definition) is 1. The van der Waals surface area contributed by atoms with E-state index in [1.54, 1.807) is 0 Å². The number of benzene rings is 2. The van der Waals surface area contributed by atoms with E-state index in [-0.39, 0.29) is 24.0 Å². The molecule has 1 aliphatic rings. The number of nitrogens with zero attached hydrogens (tertiary/aromatic N) is 5. The molecule has 0 radical (unpaired) electrons. The van der Waals surface area contributed by atoms with Gasteiger partial charge in [-0.2, -0.15) is 5.10 Å². The van der Waals surface area contributed by atoms with Crippen LogP contribution < -0.4 is 5.32 Å². The summed E-state index contributed by atoms with van der Waals surface area (Å²) in [4.78, 5) is 9.43. The first-order valence-electron chi connectivity index (χ1n) is 10.7. The van der Waals surface area contributed by atoms with Crippen LogP contribution in [-0.2, 0) is 20.1 Å². The SMILES string of the molecule is CN=C(NCc1c(C)nn(C)c1C)N1CCN(Cc2cccc3ccccc23)CC1.I. The van der Waals surface area contributed by atoms with Crippen molar-refractivity contribution in [2.45, 2.75) is 26.9 Å². The maximum absolute atomic E-state index is 4.53. The molecule has 0 amide bonds. The van der Waals surface area contributed by atoms with Gasteiger partial charge in [-0.15, -0.1) is 24.0 Å². The molecule has 0 saturated carbocycles. The molecule has 31 heavy (non-hydrogen) atoms. The average Bonchev–Trinajstić information content (AvgIpc) is 3.01. The average molecular weight is 532 g/mol. The molecule has 1 aliphatic heterocycles. The molecule has 1 aromatic heterocycles. The lowest BCUT2D eigenvalue weighted by atomic mass is 10.0. The third kappa shape index (κ3) is 5.20. The minimum absolute atomic E-state index is 0. The fraction of sp³-hybridized carbons (Fsp3) is 0.417. The summed E-state index contributed by atoms with van der Waals surface area (Å²) in [6.07, 6.45) is 0. The number of guanidine groups is 1. The number of aliphatic imine (C=N–C) groups is 1. The zero-order valence-corrected chi connectivity index (χ0v) is 21.3. The van der Waals surface area contributed by atoms with Crippen LogP contribution >= 0.6 is 24.0 Å². The number of piperazine rings is 1. The molecule has 2 heterocycles. The predicted octanol–water partition coefficient (Wildman–Crippen LogP) is 3.70. The zero-order chi connectivity index (χ0) is 21.1. The van der Waals surface area contributed by atoms with Gasteiger partial charge in [0.2, 0.25) is 0 Å². The molecule has 3 aromatic rings. The molecule has 4 rings (SSSR count). The molecule has 0 bridgehead atoms. The van der Waals surface area contributed by atoms with Crippen LogP contribution in [0.5, 0.6) is 0 Å². The van der Waals surface area contributed by atoms with Crippen LogP contribution in [0.15, 0.2) is 47.5 Å². The highest BCUT2D eigenvalue weighted by atomic mass is 127. The van der Waals surface area contributed by atoms with E-state index in [0.29, 0.717) is 0 Å². The first-order chi connectivity index (χ1) is 14.6. The highest BCUT2D eigenvalue weighted by Gasteiger charge is 2.20. The minimum atomic E-state index is 0. The molecule has 0 atom stereocenters. The van der Waals surface area contributed by atoms with Crippen molar-refractivity contribution in [3.05, 3.63) is 65.0 Å². The summed E-state index contributed by atoms with van der Waals surface area (Å²) in [7, 11) is 3.86. The summed E-state index contributed by atoms with van der Waals surface area (Å²) in [6, 6.07) is 15.3. The van der Waals surface area contributed by atoms with Gasteiger partial charge in [0.15, 0.2) is 5.96 Å². The van der Waals surface area contributed by atoms with Gasteiger partial charge >= 0.3 is 0 Å². The van der Waals surface area contributed by atoms with Crippen molar-refractivity contribution in [2.75, 3.05) is 33.2 Å². The maximum Gasteiger partial charge on any atom is 0.194 e. The Morgan fingerprint density at radius 2 is 1.74 bits per heavy atom. The normalized spacial score (nSPS) is 15.2. The highest BCUT2D eigenvalue weighted by Crippen LogP contribution is 2.20. The van der Waals surface area contributed by atoms with Crippen LogP contribution in [-0.4, -0.2) is 58.8 Å². The molecule has 6 nitrogen and oxygen atoms in total. The number of halogens is 1. The molecule has 1 fully saturated rings. The second-order valence-electron chi connectivity index (χ2n) is 8.08. The second kappa shape index (κ2) is 10.5. The van der Waals surface area contributed by atoms with Crippen molar-refractivity contribution in [1.82, 2.24) is 24.9 Å². The lowest BCUT2D eigenvalue weighted by Gasteiger charge is -2.36. The third-order valence-corrected chi connectivity index (χ3v) is 6.24. The summed E-state index contributed by atoms with van der Waals surface area (Å²) < 4.78 is 1.95. The summed E-state index contributed by atoms with van der Waals surface area (Å²) in [5.41, 5.74) is 4.95. The number of rotatable bonds is 4. The van der Waals surface area contributed by atoms with Gasteiger partial charge in [-0.05, 0) is 30.2 Å². The lowest BCUT2D eigenvalue weighted by Crippen LogP contribution is -2.52. The van der Waals surface area contributed by atoms with Crippen molar-refractivity contribution >= 4 is 40.7 Å². The number of aryl methyl sites for hydroxylation is 2. The molecule has 0 unspecified atom stereocenters. The minimum Gasteiger partial charge on any atom is -0.352 e. The quantitative estimate of drug-likeness (QED) is 0.317. The summed E-state index contributed by atoms with van der Waals surface area (Å²) in [6.45, 7) is 9.98. The van der Waals surface area contributed by atoms with E-state index >= 15 is 0 Å². The molecule has 7 heteroatoms. The van der Waals surface area contributed by atoms with Crippen LogP contribution in [0, 0.1) is 13.8 Å². The fourth-order valence-corrected chi connectivity index (χ4v) is 4.36. The summed E-state index contributed by atoms with van der Waals surface area (Å²) in [5.74, 6) is 0.975. The second-order valence-corrected chi connectivity index (χ2v) is 8.08. The van der Waals surface area contributed by atoms with Crippen LogP contribution in [0.25, 0.3) is 10.8 Å². The van der Waals surface area contributed by atoms with Crippen molar-refractivity contribution < 1.29 is 0 Å². The molecule has 166 valence electrons. The number of hydrogen-bond acceptors (Lipinski definition) is 3. The molecule has 1 saturated heterocycles. The van der Waals surface area contributed by atoms with E-state index in [1.807, 2.05) is 18.8 Å². The Balaban J connectivity index is 0.00000272. The Hall–Kier alpha value is -2.13. The van der Waals surface area contributed by atoms with E-state index in [2.05, 4.69) is 81.5 Å². The van der Waals surface area contributed by atoms with E-state index in [0.717, 1.165) is 50.9 Å².